The standard InChI is InChI=1S/C22H28N2O6S/c1-7-12-9-13(8-2)15(14(10-12)30-6)17(26)23-22(11(3)25)19(29)24-16(18(27)28)21(4,5)31-20(22)24/h9-10,16,20H,7-8H2,1-6H3,(H,23,26)(H,27,28)/t16-,20+,22?/m0/s1. The zero-order chi connectivity index (χ0) is 23.3. The van der Waals surface area contributed by atoms with E-state index in [0.29, 0.717) is 12.2 Å². The Labute approximate surface area is 185 Å². The fraction of sp³-hybridized carbons (Fsp3) is 0.545. The Bertz CT molecular complexity index is 950. The van der Waals surface area contributed by atoms with Gasteiger partial charge in [-0.3, -0.25) is 14.4 Å². The molecule has 2 saturated heterocycles. The second-order valence-corrected chi connectivity index (χ2v) is 10.1. The average Bonchev–Trinajstić information content (AvgIpc) is 2.98. The van der Waals surface area contributed by atoms with Crippen molar-refractivity contribution >= 4 is 35.3 Å². The quantitative estimate of drug-likeness (QED) is 0.485. The number of Topliss-reactive ketones (excluding diaryl/α,β-unsaturated/α-hetero) is 1. The van der Waals surface area contributed by atoms with Gasteiger partial charge in [0.05, 0.1) is 12.7 Å². The third kappa shape index (κ3) is 3.30. The van der Waals surface area contributed by atoms with Gasteiger partial charge in [-0.25, -0.2) is 4.79 Å². The Morgan fingerprint density at radius 1 is 1.23 bits per heavy atom. The van der Waals surface area contributed by atoms with Gasteiger partial charge >= 0.3 is 5.97 Å². The summed E-state index contributed by atoms with van der Waals surface area (Å²) in [4.78, 5) is 52.3. The molecule has 2 aliphatic rings. The summed E-state index contributed by atoms with van der Waals surface area (Å²) >= 11 is 1.21. The molecule has 0 spiro atoms. The number of nitrogens with zero attached hydrogens (tertiary/aromatic N) is 1. The van der Waals surface area contributed by atoms with Gasteiger partial charge in [-0.15, -0.1) is 11.8 Å². The molecule has 31 heavy (non-hydrogen) atoms. The summed E-state index contributed by atoms with van der Waals surface area (Å²) in [5, 5.41) is 11.5. The number of aryl methyl sites for hydroxylation is 2. The lowest BCUT2D eigenvalue weighted by molar-refractivity contribution is -0.170. The number of fused-ring (bicyclic) bond motifs is 1. The number of carbonyl (C=O) groups excluding carboxylic acids is 3. The third-order valence-corrected chi connectivity index (χ3v) is 7.76. The molecular formula is C22H28N2O6S. The molecule has 0 aliphatic carbocycles. The number of aliphatic carboxylic acids is 1. The highest BCUT2D eigenvalue weighted by atomic mass is 32.2. The zero-order valence-electron chi connectivity index (χ0n) is 18.6. The summed E-state index contributed by atoms with van der Waals surface area (Å²) in [5.74, 6) is -2.56. The van der Waals surface area contributed by atoms with Crippen molar-refractivity contribution in [1.29, 1.82) is 0 Å². The fourth-order valence-corrected chi connectivity index (χ4v) is 6.22. The number of hydrogen-bond donors (Lipinski definition) is 2. The van der Waals surface area contributed by atoms with Crippen LogP contribution < -0.4 is 10.1 Å². The molecule has 9 heteroatoms. The summed E-state index contributed by atoms with van der Waals surface area (Å²) in [6.07, 6.45) is 1.33. The molecule has 168 valence electrons. The number of rotatable bonds is 7. The lowest BCUT2D eigenvalue weighted by Crippen LogP contribution is -2.82. The molecule has 1 aromatic carbocycles. The van der Waals surface area contributed by atoms with E-state index in [1.165, 1.54) is 30.7 Å². The first-order valence-electron chi connectivity index (χ1n) is 10.2. The van der Waals surface area contributed by atoms with Gasteiger partial charge < -0.3 is 20.1 Å². The summed E-state index contributed by atoms with van der Waals surface area (Å²) in [7, 11) is 1.47. The second-order valence-electron chi connectivity index (χ2n) is 8.38. The minimum absolute atomic E-state index is 0.283. The van der Waals surface area contributed by atoms with Gasteiger partial charge in [0.1, 0.15) is 17.2 Å². The molecular weight excluding hydrogens is 420 g/mol. The molecule has 1 unspecified atom stereocenters. The van der Waals surface area contributed by atoms with Crippen LogP contribution in [0.15, 0.2) is 12.1 Å². The number of thioether (sulfide) groups is 1. The summed E-state index contributed by atoms with van der Waals surface area (Å²) in [6.45, 7) is 8.59. The number of benzene rings is 1. The summed E-state index contributed by atoms with van der Waals surface area (Å²) in [5.41, 5.74) is 0.239. The Balaban J connectivity index is 2.03. The molecule has 2 fully saturated rings. The Kier molecular flexibility index (Phi) is 5.86. The van der Waals surface area contributed by atoms with E-state index < -0.39 is 45.3 Å². The molecule has 2 amide bonds. The van der Waals surface area contributed by atoms with E-state index in [9.17, 15) is 24.3 Å². The van der Waals surface area contributed by atoms with Gasteiger partial charge in [-0.05, 0) is 50.8 Å². The average molecular weight is 449 g/mol. The molecule has 0 radical (unpaired) electrons. The number of nitrogens with one attached hydrogen (secondary N) is 1. The number of ketones is 1. The number of hydrogen-bond acceptors (Lipinski definition) is 6. The molecule has 0 aromatic heterocycles. The maximum atomic E-state index is 13.4. The number of amides is 2. The molecule has 8 nitrogen and oxygen atoms in total. The van der Waals surface area contributed by atoms with Gasteiger partial charge in [0, 0.05) is 4.75 Å². The first-order chi connectivity index (χ1) is 14.5. The first-order valence-corrected chi connectivity index (χ1v) is 11.1. The predicted octanol–water partition coefficient (Wildman–Crippen LogP) is 2.02. The largest absolute Gasteiger partial charge is 0.496 e. The van der Waals surface area contributed by atoms with E-state index in [1.807, 2.05) is 19.9 Å². The van der Waals surface area contributed by atoms with E-state index in [0.717, 1.165) is 17.5 Å². The van der Waals surface area contributed by atoms with Crippen molar-refractivity contribution in [1.82, 2.24) is 10.2 Å². The molecule has 0 saturated carbocycles. The number of carboxylic acids is 1. The van der Waals surface area contributed by atoms with E-state index in [1.54, 1.807) is 19.9 Å². The Morgan fingerprint density at radius 2 is 1.87 bits per heavy atom. The van der Waals surface area contributed by atoms with Crippen molar-refractivity contribution in [3.8, 4) is 5.75 Å². The maximum absolute atomic E-state index is 13.4. The zero-order valence-corrected chi connectivity index (χ0v) is 19.4. The molecule has 2 aliphatic heterocycles. The molecule has 1 aromatic rings. The van der Waals surface area contributed by atoms with Crippen LogP contribution in [0.25, 0.3) is 0 Å². The van der Waals surface area contributed by atoms with E-state index in [-0.39, 0.29) is 5.56 Å². The van der Waals surface area contributed by atoms with Crippen LogP contribution in [0.4, 0.5) is 0 Å². The van der Waals surface area contributed by atoms with Crippen molar-refractivity contribution in [2.45, 2.75) is 69.2 Å². The summed E-state index contributed by atoms with van der Waals surface area (Å²) in [6, 6.07) is 2.61. The van der Waals surface area contributed by atoms with Crippen molar-refractivity contribution in [3.63, 3.8) is 0 Å². The maximum Gasteiger partial charge on any atom is 0.327 e. The number of carbonyl (C=O) groups is 4. The second kappa shape index (κ2) is 7.85. The normalized spacial score (nSPS) is 26.1. The fourth-order valence-electron chi connectivity index (χ4n) is 4.47. The SMILES string of the molecule is CCc1cc(CC)c(C(=O)NC2(C(C)=O)C(=O)N3[C@@H](C(=O)O)C(C)(C)S[C@@H]32)c(OC)c1. The van der Waals surface area contributed by atoms with Gasteiger partial charge in [0.25, 0.3) is 11.8 Å². The van der Waals surface area contributed by atoms with Crippen molar-refractivity contribution in [2.75, 3.05) is 7.11 Å². The summed E-state index contributed by atoms with van der Waals surface area (Å²) < 4.78 is 4.63. The van der Waals surface area contributed by atoms with Crippen LogP contribution in [-0.2, 0) is 27.2 Å². The molecule has 3 rings (SSSR count). The van der Waals surface area contributed by atoms with E-state index >= 15 is 0 Å². The highest BCUT2D eigenvalue weighted by Gasteiger charge is 2.74. The Hall–Kier alpha value is -2.55. The van der Waals surface area contributed by atoms with Crippen LogP contribution in [0.1, 0.15) is 56.1 Å². The number of ether oxygens (including phenoxy) is 1. The topological polar surface area (TPSA) is 113 Å². The van der Waals surface area contributed by atoms with Crippen LogP contribution >= 0.6 is 11.8 Å². The molecule has 0 bridgehead atoms. The predicted molar refractivity (Wildman–Crippen MR) is 116 cm³/mol. The van der Waals surface area contributed by atoms with Gasteiger partial charge in [0.2, 0.25) is 5.54 Å². The number of β-lactam (4-membered cyclic amide) rings is 1. The minimum Gasteiger partial charge on any atom is -0.496 e. The van der Waals surface area contributed by atoms with Gasteiger partial charge in [0.15, 0.2) is 5.78 Å². The van der Waals surface area contributed by atoms with Crippen LogP contribution in [0.3, 0.4) is 0 Å². The van der Waals surface area contributed by atoms with E-state index in [4.69, 9.17) is 4.74 Å². The lowest BCUT2D eigenvalue weighted by Gasteiger charge is -2.51. The number of carboxylic acid groups (broad SMARTS) is 1. The monoisotopic (exact) mass is 448 g/mol. The van der Waals surface area contributed by atoms with Gasteiger partial charge in [-0.1, -0.05) is 19.9 Å². The first kappa shape index (κ1) is 23.1. The third-order valence-electron chi connectivity index (χ3n) is 6.13. The van der Waals surface area contributed by atoms with Crippen LogP contribution in [0, 0.1) is 0 Å². The van der Waals surface area contributed by atoms with Crippen LogP contribution in [-0.4, -0.2) is 62.4 Å². The van der Waals surface area contributed by atoms with E-state index in [2.05, 4.69) is 5.32 Å². The highest BCUT2D eigenvalue weighted by Crippen LogP contribution is 2.55. The smallest absolute Gasteiger partial charge is 0.327 e. The lowest BCUT2D eigenvalue weighted by atomic mass is 9.81. The minimum atomic E-state index is -1.80. The number of methoxy groups -OCH3 is 1. The van der Waals surface area contributed by atoms with Crippen molar-refractivity contribution < 1.29 is 29.0 Å². The molecule has 2 N–H and O–H groups in total. The highest BCUT2D eigenvalue weighted by molar-refractivity contribution is 8.01. The molecule has 2 heterocycles. The van der Waals surface area contributed by atoms with Crippen molar-refractivity contribution in [3.05, 3.63) is 28.8 Å². The van der Waals surface area contributed by atoms with Gasteiger partial charge in [-0.2, -0.15) is 0 Å². The molecule has 3 atom stereocenters. The van der Waals surface area contributed by atoms with Crippen LogP contribution in [0.2, 0.25) is 0 Å². The van der Waals surface area contributed by atoms with Crippen LogP contribution in [0.5, 0.6) is 5.75 Å². The van der Waals surface area contributed by atoms with Crippen molar-refractivity contribution in [2.24, 2.45) is 0 Å². The Morgan fingerprint density at radius 3 is 2.35 bits per heavy atom.